The Morgan fingerprint density at radius 3 is 2.21 bits per heavy atom. The number of aliphatic hydroxyl groups is 1. The summed E-state index contributed by atoms with van der Waals surface area (Å²) in [6.45, 7) is 10.3. The standard InChI is InChI=1S/C10H22N2O2/c1-7(2)6-14-10(11-8(3)4)12-9(5)13/h7-9,13H,6H2,1-5H3,(H,11,12). The lowest BCUT2D eigenvalue weighted by molar-refractivity contribution is 0.188. The normalized spacial score (nSPS) is 14.7. The van der Waals surface area contributed by atoms with Crippen molar-refractivity contribution < 1.29 is 9.84 Å². The number of nitrogens with zero attached hydrogens (tertiary/aromatic N) is 1. The molecule has 0 rings (SSSR count). The van der Waals surface area contributed by atoms with Crippen molar-refractivity contribution in [2.24, 2.45) is 10.9 Å². The third-order valence-corrected chi connectivity index (χ3v) is 1.27. The Balaban J connectivity index is 4.11. The Labute approximate surface area is 86.4 Å². The lowest BCUT2D eigenvalue weighted by Gasteiger charge is -2.15. The van der Waals surface area contributed by atoms with Crippen molar-refractivity contribution in [1.29, 1.82) is 0 Å². The highest BCUT2D eigenvalue weighted by Crippen LogP contribution is 1.95. The third-order valence-electron chi connectivity index (χ3n) is 1.27. The maximum absolute atomic E-state index is 9.09. The van der Waals surface area contributed by atoms with Crippen molar-refractivity contribution in [2.75, 3.05) is 6.61 Å². The molecule has 4 nitrogen and oxygen atoms in total. The summed E-state index contributed by atoms with van der Waals surface area (Å²) in [5.41, 5.74) is 0. The zero-order valence-corrected chi connectivity index (χ0v) is 9.74. The fraction of sp³-hybridized carbons (Fsp3) is 0.900. The molecular formula is C10H22N2O2. The van der Waals surface area contributed by atoms with Gasteiger partial charge in [0.1, 0.15) is 6.23 Å². The molecule has 0 aliphatic heterocycles. The molecule has 0 bridgehead atoms. The van der Waals surface area contributed by atoms with E-state index in [-0.39, 0.29) is 6.04 Å². The summed E-state index contributed by atoms with van der Waals surface area (Å²) >= 11 is 0. The van der Waals surface area contributed by atoms with E-state index in [1.165, 1.54) is 0 Å². The van der Waals surface area contributed by atoms with Gasteiger partial charge in [-0.15, -0.1) is 0 Å². The molecule has 0 aromatic rings. The van der Waals surface area contributed by atoms with Crippen molar-refractivity contribution in [3.63, 3.8) is 0 Å². The molecule has 4 heteroatoms. The fourth-order valence-electron chi connectivity index (χ4n) is 0.778. The van der Waals surface area contributed by atoms with Gasteiger partial charge in [0.05, 0.1) is 6.61 Å². The van der Waals surface area contributed by atoms with E-state index in [1.54, 1.807) is 6.92 Å². The van der Waals surface area contributed by atoms with E-state index < -0.39 is 6.23 Å². The minimum Gasteiger partial charge on any atom is -0.465 e. The minimum absolute atomic E-state index is 0.250. The van der Waals surface area contributed by atoms with E-state index in [4.69, 9.17) is 9.84 Å². The summed E-state index contributed by atoms with van der Waals surface area (Å²) < 4.78 is 5.40. The summed E-state index contributed by atoms with van der Waals surface area (Å²) in [5, 5.41) is 12.1. The van der Waals surface area contributed by atoms with Crippen molar-refractivity contribution >= 4 is 6.02 Å². The van der Waals surface area contributed by atoms with E-state index in [0.29, 0.717) is 18.5 Å². The molecule has 2 N–H and O–H groups in total. The molecule has 0 aliphatic carbocycles. The van der Waals surface area contributed by atoms with Crippen molar-refractivity contribution in [1.82, 2.24) is 5.32 Å². The highest BCUT2D eigenvalue weighted by molar-refractivity contribution is 5.73. The molecule has 0 amide bonds. The van der Waals surface area contributed by atoms with Gasteiger partial charge in [0.2, 0.25) is 0 Å². The van der Waals surface area contributed by atoms with Crippen molar-refractivity contribution in [3.05, 3.63) is 0 Å². The van der Waals surface area contributed by atoms with Crippen LogP contribution in [0.5, 0.6) is 0 Å². The Morgan fingerprint density at radius 2 is 1.86 bits per heavy atom. The van der Waals surface area contributed by atoms with Crippen LogP contribution in [0.1, 0.15) is 34.6 Å². The predicted octanol–water partition coefficient (Wildman–Crippen LogP) is 1.35. The molecule has 84 valence electrons. The topological polar surface area (TPSA) is 53.9 Å². The van der Waals surface area contributed by atoms with E-state index in [2.05, 4.69) is 24.2 Å². The molecule has 1 unspecified atom stereocenters. The molecule has 0 saturated carbocycles. The van der Waals surface area contributed by atoms with Gasteiger partial charge in [-0.25, -0.2) is 4.99 Å². The van der Waals surface area contributed by atoms with Crippen LogP contribution >= 0.6 is 0 Å². The summed E-state index contributed by atoms with van der Waals surface area (Å²) in [4.78, 5) is 3.93. The second kappa shape index (κ2) is 6.65. The quantitative estimate of drug-likeness (QED) is 0.534. The smallest absolute Gasteiger partial charge is 0.287 e. The molecule has 0 aromatic carbocycles. The van der Waals surface area contributed by atoms with Crippen LogP contribution in [0.3, 0.4) is 0 Å². The van der Waals surface area contributed by atoms with Gasteiger partial charge in [-0.2, -0.15) is 0 Å². The monoisotopic (exact) mass is 202 g/mol. The first kappa shape index (κ1) is 13.2. The van der Waals surface area contributed by atoms with Gasteiger partial charge in [0.15, 0.2) is 0 Å². The number of rotatable bonds is 4. The highest BCUT2D eigenvalue weighted by atomic mass is 16.5. The van der Waals surface area contributed by atoms with E-state index >= 15 is 0 Å². The Kier molecular flexibility index (Phi) is 6.28. The molecule has 1 atom stereocenters. The maximum atomic E-state index is 9.09. The van der Waals surface area contributed by atoms with E-state index in [0.717, 1.165) is 0 Å². The van der Waals surface area contributed by atoms with E-state index in [1.807, 2.05) is 13.8 Å². The van der Waals surface area contributed by atoms with Crippen molar-refractivity contribution in [3.8, 4) is 0 Å². The zero-order chi connectivity index (χ0) is 11.1. The first-order chi connectivity index (χ1) is 6.41. The number of hydrogen-bond donors (Lipinski definition) is 2. The van der Waals surface area contributed by atoms with Gasteiger partial charge in [-0.05, 0) is 26.7 Å². The van der Waals surface area contributed by atoms with Gasteiger partial charge in [0, 0.05) is 6.04 Å². The second-order valence-electron chi connectivity index (χ2n) is 4.07. The van der Waals surface area contributed by atoms with Crippen LogP contribution in [0.25, 0.3) is 0 Å². The van der Waals surface area contributed by atoms with Crippen LogP contribution in [0, 0.1) is 5.92 Å². The largest absolute Gasteiger partial charge is 0.465 e. The summed E-state index contributed by atoms with van der Waals surface area (Å²) in [6.07, 6.45) is -0.733. The first-order valence-corrected chi connectivity index (χ1v) is 5.07. The predicted molar refractivity (Wildman–Crippen MR) is 58.2 cm³/mol. The first-order valence-electron chi connectivity index (χ1n) is 5.07. The fourth-order valence-corrected chi connectivity index (χ4v) is 0.778. The number of amidine groups is 1. The highest BCUT2D eigenvalue weighted by Gasteiger charge is 2.05. The van der Waals surface area contributed by atoms with Gasteiger partial charge in [-0.1, -0.05) is 13.8 Å². The number of aliphatic imine (C=N–C) groups is 1. The molecule has 0 fully saturated rings. The lowest BCUT2D eigenvalue weighted by atomic mass is 10.2. The van der Waals surface area contributed by atoms with Gasteiger partial charge < -0.3 is 15.2 Å². The number of ether oxygens (including phenoxy) is 1. The van der Waals surface area contributed by atoms with Crippen molar-refractivity contribution in [2.45, 2.75) is 46.9 Å². The van der Waals surface area contributed by atoms with Gasteiger partial charge in [0.25, 0.3) is 6.02 Å². The van der Waals surface area contributed by atoms with Crippen LogP contribution in [-0.2, 0) is 4.74 Å². The van der Waals surface area contributed by atoms with Crippen LogP contribution in [0.2, 0.25) is 0 Å². The molecule has 0 radical (unpaired) electrons. The number of aliphatic hydroxyl groups excluding tert-OH is 1. The molecular weight excluding hydrogens is 180 g/mol. The molecule has 0 aliphatic rings. The number of nitrogens with one attached hydrogen (secondary N) is 1. The Morgan fingerprint density at radius 1 is 1.29 bits per heavy atom. The van der Waals surface area contributed by atoms with Crippen LogP contribution in [-0.4, -0.2) is 30.0 Å². The SMILES string of the molecule is CC(C)CO/C(=N\C(C)O)NC(C)C. The summed E-state index contributed by atoms with van der Waals surface area (Å²) in [7, 11) is 0. The van der Waals surface area contributed by atoms with Gasteiger partial charge >= 0.3 is 0 Å². The average Bonchev–Trinajstić information content (AvgIpc) is 1.97. The second-order valence-corrected chi connectivity index (χ2v) is 4.07. The Hall–Kier alpha value is -0.770. The number of hydrogen-bond acceptors (Lipinski definition) is 3. The molecule has 0 spiro atoms. The van der Waals surface area contributed by atoms with Crippen LogP contribution < -0.4 is 5.32 Å². The molecule has 0 saturated heterocycles. The summed E-state index contributed by atoms with van der Waals surface area (Å²) in [6, 6.07) is 0.670. The summed E-state index contributed by atoms with van der Waals surface area (Å²) in [5.74, 6) is 0.447. The molecule has 0 heterocycles. The van der Waals surface area contributed by atoms with E-state index in [9.17, 15) is 0 Å². The Bertz CT molecular complexity index is 177. The van der Waals surface area contributed by atoms with Gasteiger partial charge in [-0.3, -0.25) is 0 Å². The third kappa shape index (κ3) is 7.86. The molecule has 14 heavy (non-hydrogen) atoms. The maximum Gasteiger partial charge on any atom is 0.287 e. The minimum atomic E-state index is -0.733. The molecule has 0 aromatic heterocycles. The van der Waals surface area contributed by atoms with Crippen LogP contribution in [0.4, 0.5) is 0 Å². The zero-order valence-electron chi connectivity index (χ0n) is 9.74. The average molecular weight is 202 g/mol. The lowest BCUT2D eigenvalue weighted by Crippen LogP contribution is -2.34. The van der Waals surface area contributed by atoms with Crippen LogP contribution in [0.15, 0.2) is 4.99 Å².